The molecule has 2 aromatic heterocycles. The molecule has 0 radical (unpaired) electrons. The van der Waals surface area contributed by atoms with E-state index in [-0.39, 0.29) is 64.1 Å². The minimum atomic E-state index is -1.99. The van der Waals surface area contributed by atoms with Crippen LogP contribution in [-0.4, -0.2) is 31.7 Å². The van der Waals surface area contributed by atoms with Crippen molar-refractivity contribution in [3.8, 4) is 11.4 Å². The number of fused-ring (bicyclic) bond motifs is 5. The number of aromatic carboxylic acids is 1. The molecule has 3 aromatic rings. The topological polar surface area (TPSA) is 119 Å². The van der Waals surface area contributed by atoms with E-state index in [1.165, 1.54) is 23.6 Å². The summed E-state index contributed by atoms with van der Waals surface area (Å²) < 4.78 is 20.6. The summed E-state index contributed by atoms with van der Waals surface area (Å²) in [7, 11) is 0. The number of carboxylic acid groups (broad SMARTS) is 1. The Balaban J connectivity index is 1.87. The highest BCUT2D eigenvalue weighted by Crippen LogP contribution is 2.40. The van der Waals surface area contributed by atoms with Gasteiger partial charge in [-0.1, -0.05) is 6.92 Å². The van der Waals surface area contributed by atoms with Crippen molar-refractivity contribution < 1.29 is 28.9 Å². The first-order chi connectivity index (χ1) is 14.7. The zero-order chi connectivity index (χ0) is 22.2. The van der Waals surface area contributed by atoms with Gasteiger partial charge in [-0.3, -0.25) is 4.79 Å². The number of ether oxygens (including phenoxy) is 1. The third-order valence-electron chi connectivity index (χ3n) is 6.18. The lowest BCUT2D eigenvalue weighted by Crippen LogP contribution is -2.44. The van der Waals surface area contributed by atoms with Gasteiger partial charge in [0, 0.05) is 22.6 Å². The zero-order valence-corrected chi connectivity index (χ0v) is 16.7. The molecule has 1 atom stereocenters. The molecule has 0 aliphatic carbocycles. The van der Waals surface area contributed by atoms with Crippen molar-refractivity contribution in [2.75, 3.05) is 0 Å². The highest BCUT2D eigenvalue weighted by Gasteiger charge is 2.45. The highest BCUT2D eigenvalue weighted by atomic mass is 19.1. The molecule has 0 saturated carbocycles. The number of aliphatic hydroxyl groups is 1. The fourth-order valence-corrected chi connectivity index (χ4v) is 4.45. The van der Waals surface area contributed by atoms with Crippen LogP contribution in [0.15, 0.2) is 23.0 Å². The fourth-order valence-electron chi connectivity index (χ4n) is 4.45. The molecule has 8 nitrogen and oxygen atoms in total. The Hall–Kier alpha value is -3.59. The summed E-state index contributed by atoms with van der Waals surface area (Å²) in [6.07, 6.45) is -0.00933. The first kappa shape index (κ1) is 19.4. The van der Waals surface area contributed by atoms with Gasteiger partial charge in [-0.2, -0.15) is 0 Å². The summed E-state index contributed by atoms with van der Waals surface area (Å²) in [5.41, 5.74) is -1.04. The van der Waals surface area contributed by atoms with Crippen molar-refractivity contribution in [3.05, 3.63) is 62.2 Å². The maximum atomic E-state index is 14.2. The van der Waals surface area contributed by atoms with Gasteiger partial charge in [0.2, 0.25) is 0 Å². The molecule has 0 amide bonds. The van der Waals surface area contributed by atoms with E-state index in [0.29, 0.717) is 5.56 Å². The number of carbonyl (C=O) groups is 2. The van der Waals surface area contributed by atoms with Crippen molar-refractivity contribution in [1.29, 1.82) is 0 Å². The molecule has 4 heterocycles. The van der Waals surface area contributed by atoms with Crippen LogP contribution in [0.25, 0.3) is 22.3 Å². The molecule has 2 aliphatic heterocycles. The normalized spacial score (nSPS) is 19.0. The van der Waals surface area contributed by atoms with E-state index < -0.39 is 28.9 Å². The molecule has 0 unspecified atom stereocenters. The first-order valence-electron chi connectivity index (χ1n) is 9.70. The van der Waals surface area contributed by atoms with Gasteiger partial charge in [0.1, 0.15) is 12.4 Å². The molecule has 5 rings (SSSR count). The van der Waals surface area contributed by atoms with Gasteiger partial charge >= 0.3 is 11.9 Å². The van der Waals surface area contributed by atoms with Gasteiger partial charge in [-0.25, -0.2) is 19.0 Å². The lowest BCUT2D eigenvalue weighted by Gasteiger charge is -2.31. The van der Waals surface area contributed by atoms with Crippen LogP contribution in [0.4, 0.5) is 4.39 Å². The standard InChI is InChI=1S/C22H17FN2O6/c1-3-22(30)13-5-16-18-11(7-25(16)19(26)12(13)8-31-21(22)29)17(20(27)28)10-4-9(2)14(23)6-15(10)24-18/h4-6,30H,3,7-8H2,1-2H3,(H,27,28)/t22-/m0/s1. The molecule has 1 aromatic carbocycles. The molecule has 0 saturated heterocycles. The average molecular weight is 424 g/mol. The number of carboxylic acids is 1. The smallest absolute Gasteiger partial charge is 0.343 e. The summed E-state index contributed by atoms with van der Waals surface area (Å²) in [6.45, 7) is 2.80. The van der Waals surface area contributed by atoms with E-state index in [1.807, 2.05) is 0 Å². The van der Waals surface area contributed by atoms with Gasteiger partial charge in [-0.15, -0.1) is 0 Å². The molecule has 31 heavy (non-hydrogen) atoms. The van der Waals surface area contributed by atoms with Crippen LogP contribution in [0, 0.1) is 12.7 Å². The predicted octanol–water partition coefficient (Wildman–Crippen LogP) is 2.23. The Morgan fingerprint density at radius 1 is 1.29 bits per heavy atom. The number of aromatic nitrogens is 2. The Morgan fingerprint density at radius 2 is 2.03 bits per heavy atom. The molecule has 0 fully saturated rings. The average Bonchev–Trinajstić information content (AvgIpc) is 3.08. The number of aryl methyl sites for hydroxylation is 1. The van der Waals surface area contributed by atoms with Crippen LogP contribution >= 0.6 is 0 Å². The summed E-state index contributed by atoms with van der Waals surface area (Å²) in [5.74, 6) is -2.59. The predicted molar refractivity (Wildman–Crippen MR) is 106 cm³/mol. The van der Waals surface area contributed by atoms with Crippen molar-refractivity contribution in [3.63, 3.8) is 0 Å². The molecule has 158 valence electrons. The SMILES string of the molecule is CC[C@@]1(O)C(=O)OCc2c1cc1n(c2=O)Cc2c-1nc1cc(F)c(C)cc1c2C(=O)O. The molecule has 0 spiro atoms. The van der Waals surface area contributed by atoms with Crippen molar-refractivity contribution in [2.24, 2.45) is 0 Å². The van der Waals surface area contributed by atoms with Gasteiger partial charge in [0.05, 0.1) is 34.6 Å². The third kappa shape index (κ3) is 2.43. The number of cyclic esters (lactones) is 1. The summed E-state index contributed by atoms with van der Waals surface area (Å²) in [4.78, 5) is 42.0. The molecular weight excluding hydrogens is 407 g/mol. The van der Waals surface area contributed by atoms with Gasteiger partial charge in [0.25, 0.3) is 5.56 Å². The lowest BCUT2D eigenvalue weighted by molar-refractivity contribution is -0.172. The minimum absolute atomic E-state index is 0.00933. The maximum absolute atomic E-state index is 14.2. The number of halogens is 1. The summed E-state index contributed by atoms with van der Waals surface area (Å²) >= 11 is 0. The number of hydrogen-bond acceptors (Lipinski definition) is 6. The fraction of sp³-hybridized carbons (Fsp3) is 0.273. The van der Waals surface area contributed by atoms with Crippen LogP contribution in [0.3, 0.4) is 0 Å². The van der Waals surface area contributed by atoms with E-state index >= 15 is 0 Å². The van der Waals surface area contributed by atoms with E-state index in [2.05, 4.69) is 4.98 Å². The molecule has 2 N–H and O–H groups in total. The Labute approximate surface area is 174 Å². The number of hydrogen-bond donors (Lipinski definition) is 2. The van der Waals surface area contributed by atoms with E-state index in [1.54, 1.807) is 6.92 Å². The number of rotatable bonds is 2. The minimum Gasteiger partial charge on any atom is -0.478 e. The van der Waals surface area contributed by atoms with Crippen LogP contribution < -0.4 is 5.56 Å². The number of benzene rings is 1. The van der Waals surface area contributed by atoms with Gasteiger partial charge < -0.3 is 19.5 Å². The van der Waals surface area contributed by atoms with E-state index in [0.717, 1.165) is 6.07 Å². The lowest BCUT2D eigenvalue weighted by atomic mass is 9.86. The molecule has 9 heteroatoms. The number of nitrogens with zero attached hydrogens (tertiary/aromatic N) is 2. The molecular formula is C22H17FN2O6. The second-order valence-electron chi connectivity index (χ2n) is 7.84. The Kier molecular flexibility index (Phi) is 3.88. The number of carbonyl (C=O) groups excluding carboxylic acids is 1. The highest BCUT2D eigenvalue weighted by molar-refractivity contribution is 6.06. The summed E-state index contributed by atoms with van der Waals surface area (Å²) in [6, 6.07) is 4.08. The summed E-state index contributed by atoms with van der Waals surface area (Å²) in [5, 5.41) is 21.1. The van der Waals surface area contributed by atoms with Crippen LogP contribution in [-0.2, 0) is 28.3 Å². The Bertz CT molecular complexity index is 1410. The van der Waals surface area contributed by atoms with Crippen LogP contribution in [0.5, 0.6) is 0 Å². The van der Waals surface area contributed by atoms with Crippen LogP contribution in [0.1, 0.15) is 46.0 Å². The monoisotopic (exact) mass is 424 g/mol. The Morgan fingerprint density at radius 3 is 2.71 bits per heavy atom. The van der Waals surface area contributed by atoms with Crippen molar-refractivity contribution in [2.45, 2.75) is 39.0 Å². The third-order valence-corrected chi connectivity index (χ3v) is 6.18. The number of pyridine rings is 2. The van der Waals surface area contributed by atoms with Crippen molar-refractivity contribution in [1.82, 2.24) is 9.55 Å². The quantitative estimate of drug-likeness (QED) is 0.474. The molecule has 2 aliphatic rings. The zero-order valence-electron chi connectivity index (χ0n) is 16.7. The van der Waals surface area contributed by atoms with Gasteiger partial charge in [-0.05, 0) is 31.0 Å². The second kappa shape index (κ2) is 6.21. The van der Waals surface area contributed by atoms with E-state index in [4.69, 9.17) is 4.74 Å². The number of esters is 1. The van der Waals surface area contributed by atoms with Crippen molar-refractivity contribution >= 4 is 22.8 Å². The largest absolute Gasteiger partial charge is 0.478 e. The van der Waals surface area contributed by atoms with Gasteiger partial charge in [0.15, 0.2) is 5.60 Å². The van der Waals surface area contributed by atoms with Crippen LogP contribution in [0.2, 0.25) is 0 Å². The second-order valence-corrected chi connectivity index (χ2v) is 7.84. The maximum Gasteiger partial charge on any atom is 0.343 e. The first-order valence-corrected chi connectivity index (χ1v) is 9.70. The molecule has 0 bridgehead atoms. The van der Waals surface area contributed by atoms with E-state index in [9.17, 15) is 29.0 Å².